The van der Waals surface area contributed by atoms with E-state index in [1.54, 1.807) is 60.7 Å². The predicted octanol–water partition coefficient (Wildman–Crippen LogP) is 4.14. The molecule has 0 saturated carbocycles. The molecule has 158 valence electrons. The van der Waals surface area contributed by atoms with Crippen molar-refractivity contribution >= 4 is 39.7 Å². The number of amides is 1. The summed E-state index contributed by atoms with van der Waals surface area (Å²) in [5.74, 6) is -0.612. The number of anilines is 1. The topological polar surface area (TPSA) is 81.3 Å². The van der Waals surface area contributed by atoms with Crippen molar-refractivity contribution in [3.63, 3.8) is 0 Å². The summed E-state index contributed by atoms with van der Waals surface area (Å²) in [6.07, 6.45) is 0. The van der Waals surface area contributed by atoms with Crippen LogP contribution in [-0.2, 0) is 11.3 Å². The molecule has 0 aliphatic heterocycles. The molecule has 0 radical (unpaired) electrons. The van der Waals surface area contributed by atoms with Crippen molar-refractivity contribution in [1.29, 1.82) is 0 Å². The Morgan fingerprint density at radius 2 is 1.84 bits per heavy atom. The standard InChI is InChI=1S/C23H15ClFN5O2/c24-15-6-4-8-17(12-15)26-20(31)13-29-19-10-2-1-9-18(19)22-27-21(28-30(22)23(29)32)14-5-3-7-16(25)11-14/h1-12H,13H2,(H,26,31). The quantitative estimate of drug-likeness (QED) is 0.449. The van der Waals surface area contributed by atoms with Gasteiger partial charge in [-0.25, -0.2) is 14.2 Å². The van der Waals surface area contributed by atoms with Crippen LogP contribution in [0.3, 0.4) is 0 Å². The molecular formula is C23H15ClFN5O2. The molecule has 0 fully saturated rings. The van der Waals surface area contributed by atoms with Crippen LogP contribution < -0.4 is 11.0 Å². The number of hydrogen-bond acceptors (Lipinski definition) is 4. The second kappa shape index (κ2) is 7.90. The zero-order chi connectivity index (χ0) is 22.2. The molecule has 32 heavy (non-hydrogen) atoms. The third-order valence-electron chi connectivity index (χ3n) is 4.95. The second-order valence-corrected chi connectivity index (χ2v) is 7.56. The first-order chi connectivity index (χ1) is 15.5. The van der Waals surface area contributed by atoms with E-state index in [1.165, 1.54) is 16.7 Å². The zero-order valence-electron chi connectivity index (χ0n) is 16.5. The van der Waals surface area contributed by atoms with E-state index in [4.69, 9.17) is 11.6 Å². The third kappa shape index (κ3) is 3.61. The van der Waals surface area contributed by atoms with Crippen LogP contribution in [0.15, 0.2) is 77.6 Å². The zero-order valence-corrected chi connectivity index (χ0v) is 17.3. The summed E-state index contributed by atoms with van der Waals surface area (Å²) in [6.45, 7) is -0.239. The minimum atomic E-state index is -0.532. The van der Waals surface area contributed by atoms with Gasteiger partial charge in [-0.15, -0.1) is 5.10 Å². The Kier molecular flexibility index (Phi) is 4.91. The molecule has 2 aromatic heterocycles. The minimum absolute atomic E-state index is 0.216. The number of rotatable bonds is 4. The highest BCUT2D eigenvalue weighted by Gasteiger charge is 2.17. The highest BCUT2D eigenvalue weighted by molar-refractivity contribution is 6.30. The highest BCUT2D eigenvalue weighted by atomic mass is 35.5. The predicted molar refractivity (Wildman–Crippen MR) is 120 cm³/mol. The van der Waals surface area contributed by atoms with E-state index in [9.17, 15) is 14.0 Å². The summed E-state index contributed by atoms with van der Waals surface area (Å²) in [5.41, 5.74) is 1.30. The number of fused-ring (bicyclic) bond motifs is 3. The number of nitrogens with zero attached hydrogens (tertiary/aromatic N) is 4. The van der Waals surface area contributed by atoms with Gasteiger partial charge in [0.05, 0.1) is 5.52 Å². The van der Waals surface area contributed by atoms with Gasteiger partial charge in [0.2, 0.25) is 5.91 Å². The lowest BCUT2D eigenvalue weighted by Crippen LogP contribution is -2.32. The Labute approximate surface area is 185 Å². The van der Waals surface area contributed by atoms with Crippen LogP contribution in [0.1, 0.15) is 0 Å². The van der Waals surface area contributed by atoms with Gasteiger partial charge in [-0.05, 0) is 42.5 Å². The Balaban J connectivity index is 1.61. The SMILES string of the molecule is O=C(Cn1c(=O)n2nc(-c3cccc(F)c3)nc2c2ccccc21)Nc1cccc(Cl)c1. The minimum Gasteiger partial charge on any atom is -0.324 e. The number of halogens is 2. The lowest BCUT2D eigenvalue weighted by molar-refractivity contribution is -0.116. The fourth-order valence-corrected chi connectivity index (χ4v) is 3.74. The van der Waals surface area contributed by atoms with E-state index in [-0.39, 0.29) is 12.4 Å². The Bertz CT molecular complexity index is 1560. The average Bonchev–Trinajstić information content (AvgIpc) is 3.23. The molecule has 0 aliphatic rings. The van der Waals surface area contributed by atoms with Crippen molar-refractivity contribution in [3.8, 4) is 11.4 Å². The molecule has 0 spiro atoms. The van der Waals surface area contributed by atoms with Crippen molar-refractivity contribution < 1.29 is 9.18 Å². The summed E-state index contributed by atoms with van der Waals surface area (Å²) < 4.78 is 16.1. The van der Waals surface area contributed by atoms with Crippen LogP contribution in [0.5, 0.6) is 0 Å². The number of carbonyl (C=O) groups is 1. The van der Waals surface area contributed by atoms with Crippen LogP contribution in [0.25, 0.3) is 27.9 Å². The molecule has 1 amide bonds. The van der Waals surface area contributed by atoms with Crippen molar-refractivity contribution in [2.45, 2.75) is 6.54 Å². The summed E-state index contributed by atoms with van der Waals surface area (Å²) >= 11 is 5.97. The molecule has 7 nitrogen and oxygen atoms in total. The highest BCUT2D eigenvalue weighted by Crippen LogP contribution is 2.22. The molecular weight excluding hydrogens is 433 g/mol. The molecule has 0 atom stereocenters. The van der Waals surface area contributed by atoms with Crippen molar-refractivity contribution in [2.24, 2.45) is 0 Å². The van der Waals surface area contributed by atoms with Crippen LogP contribution in [0.2, 0.25) is 5.02 Å². The lowest BCUT2D eigenvalue weighted by atomic mass is 10.2. The van der Waals surface area contributed by atoms with Crippen molar-refractivity contribution in [1.82, 2.24) is 19.2 Å². The second-order valence-electron chi connectivity index (χ2n) is 7.13. The van der Waals surface area contributed by atoms with Gasteiger partial charge in [-0.3, -0.25) is 9.36 Å². The summed E-state index contributed by atoms with van der Waals surface area (Å²) in [4.78, 5) is 30.4. The van der Waals surface area contributed by atoms with E-state index in [0.717, 1.165) is 4.52 Å². The van der Waals surface area contributed by atoms with Gasteiger partial charge in [0.1, 0.15) is 12.4 Å². The first kappa shape index (κ1) is 19.9. The number of para-hydroxylation sites is 1. The molecule has 5 rings (SSSR count). The molecule has 0 unspecified atom stereocenters. The maximum atomic E-state index is 13.7. The molecule has 2 heterocycles. The molecule has 0 bridgehead atoms. The molecule has 1 N–H and O–H groups in total. The monoisotopic (exact) mass is 447 g/mol. The van der Waals surface area contributed by atoms with Gasteiger partial charge in [-0.2, -0.15) is 4.52 Å². The van der Waals surface area contributed by atoms with Gasteiger partial charge in [0.15, 0.2) is 11.5 Å². The number of carbonyl (C=O) groups excluding carboxylic acids is 1. The van der Waals surface area contributed by atoms with Gasteiger partial charge >= 0.3 is 5.69 Å². The van der Waals surface area contributed by atoms with Crippen molar-refractivity contribution in [2.75, 3.05) is 5.32 Å². The van der Waals surface area contributed by atoms with E-state index in [1.807, 2.05) is 0 Å². The van der Waals surface area contributed by atoms with Crippen LogP contribution in [0.4, 0.5) is 10.1 Å². The summed E-state index contributed by atoms with van der Waals surface area (Å²) in [7, 11) is 0. The van der Waals surface area contributed by atoms with Crippen LogP contribution >= 0.6 is 11.6 Å². The van der Waals surface area contributed by atoms with Crippen LogP contribution in [-0.4, -0.2) is 25.1 Å². The number of hydrogen-bond donors (Lipinski definition) is 1. The Morgan fingerprint density at radius 3 is 2.66 bits per heavy atom. The van der Waals surface area contributed by atoms with E-state index < -0.39 is 17.4 Å². The van der Waals surface area contributed by atoms with E-state index in [0.29, 0.717) is 32.8 Å². The molecule has 0 saturated heterocycles. The maximum absolute atomic E-state index is 13.7. The molecule has 9 heteroatoms. The Hall–Kier alpha value is -4.04. The fraction of sp³-hybridized carbons (Fsp3) is 0.0435. The van der Waals surface area contributed by atoms with Gasteiger partial charge in [0, 0.05) is 21.7 Å². The first-order valence-electron chi connectivity index (χ1n) is 9.69. The summed E-state index contributed by atoms with van der Waals surface area (Å²) in [6, 6.07) is 19.7. The van der Waals surface area contributed by atoms with E-state index in [2.05, 4.69) is 15.4 Å². The number of nitrogens with one attached hydrogen (secondary N) is 1. The number of aromatic nitrogens is 4. The van der Waals surface area contributed by atoms with Gasteiger partial charge < -0.3 is 5.32 Å². The largest absolute Gasteiger partial charge is 0.351 e. The molecule has 5 aromatic rings. The van der Waals surface area contributed by atoms with E-state index >= 15 is 0 Å². The average molecular weight is 448 g/mol. The van der Waals surface area contributed by atoms with Gasteiger partial charge in [-0.1, -0.05) is 41.9 Å². The smallest absolute Gasteiger partial charge is 0.324 e. The summed E-state index contributed by atoms with van der Waals surface area (Å²) in [5, 5.41) is 8.15. The molecule has 0 aliphatic carbocycles. The fourth-order valence-electron chi connectivity index (χ4n) is 3.55. The Morgan fingerprint density at radius 1 is 1.03 bits per heavy atom. The maximum Gasteiger partial charge on any atom is 0.351 e. The normalized spacial score (nSPS) is 11.2. The van der Waals surface area contributed by atoms with Crippen molar-refractivity contribution in [3.05, 3.63) is 94.1 Å². The number of benzene rings is 3. The van der Waals surface area contributed by atoms with Gasteiger partial charge in [0.25, 0.3) is 0 Å². The van der Waals surface area contributed by atoms with Crippen LogP contribution in [0, 0.1) is 5.82 Å². The molecule has 3 aromatic carbocycles. The first-order valence-corrected chi connectivity index (χ1v) is 10.1. The third-order valence-corrected chi connectivity index (χ3v) is 5.18. The lowest BCUT2D eigenvalue weighted by Gasteiger charge is -2.11.